The number of rotatable bonds is 4. The van der Waals surface area contributed by atoms with E-state index in [0.29, 0.717) is 0 Å². The molecule has 0 heterocycles. The second-order valence-corrected chi connectivity index (χ2v) is 2.91. The number of aliphatic hydroxyl groups excluding tert-OH is 1. The molecule has 74 valence electrons. The minimum atomic E-state index is -4.48. The van der Waals surface area contributed by atoms with Crippen LogP contribution in [0.4, 0.5) is 13.2 Å². The van der Waals surface area contributed by atoms with E-state index in [1.165, 1.54) is 5.32 Å². The lowest BCUT2D eigenvalue weighted by Crippen LogP contribution is -2.91. The van der Waals surface area contributed by atoms with Gasteiger partial charge in [-0.1, -0.05) is 6.92 Å². The molecule has 0 rings (SSSR count). The average molecular weight is 186 g/mol. The van der Waals surface area contributed by atoms with Crippen molar-refractivity contribution in [2.24, 2.45) is 0 Å². The molecule has 5 heteroatoms. The number of nitrogens with two attached hydrogens (primary N) is 1. The molecule has 0 radical (unpaired) electrons. The summed E-state index contributed by atoms with van der Waals surface area (Å²) in [6.45, 7) is 3.41. The van der Waals surface area contributed by atoms with Crippen molar-refractivity contribution in [1.29, 1.82) is 0 Å². The molecule has 0 spiro atoms. The van der Waals surface area contributed by atoms with Crippen molar-refractivity contribution < 1.29 is 23.6 Å². The van der Waals surface area contributed by atoms with Gasteiger partial charge in [-0.05, 0) is 13.3 Å². The molecule has 0 aromatic rings. The summed E-state index contributed by atoms with van der Waals surface area (Å²) < 4.78 is 35.2. The fourth-order valence-electron chi connectivity index (χ4n) is 0.662. The molecule has 0 aromatic carbocycles. The molecule has 0 fully saturated rings. The van der Waals surface area contributed by atoms with Crippen molar-refractivity contribution >= 4 is 0 Å². The summed E-state index contributed by atoms with van der Waals surface area (Å²) in [6.07, 6.45) is -5.89. The Balaban J connectivity index is 3.64. The summed E-state index contributed by atoms with van der Waals surface area (Å²) in [6, 6.07) is 0.127. The smallest absolute Gasteiger partial charge is 0.379 e. The SMILES string of the molecule is CC[C@@H](C)[NH2+]C[C@H](O)C(F)(F)F. The van der Waals surface area contributed by atoms with E-state index in [2.05, 4.69) is 0 Å². The monoisotopic (exact) mass is 186 g/mol. The molecule has 0 amide bonds. The zero-order valence-electron chi connectivity index (χ0n) is 7.23. The van der Waals surface area contributed by atoms with Crippen LogP contribution in [0.3, 0.4) is 0 Å². The quantitative estimate of drug-likeness (QED) is 0.649. The number of aliphatic hydroxyl groups is 1. The molecule has 0 saturated carbocycles. The first kappa shape index (κ1) is 11.7. The number of hydrogen-bond donors (Lipinski definition) is 2. The predicted octanol–water partition coefficient (Wildman–Crippen LogP) is 0.272. The fraction of sp³-hybridized carbons (Fsp3) is 1.00. The minimum Gasteiger partial charge on any atom is -0.379 e. The Hall–Kier alpha value is -0.290. The van der Waals surface area contributed by atoms with Crippen molar-refractivity contribution in [3.8, 4) is 0 Å². The van der Waals surface area contributed by atoms with Gasteiger partial charge in [-0.2, -0.15) is 13.2 Å². The molecule has 0 aliphatic heterocycles. The number of hydrogen-bond acceptors (Lipinski definition) is 1. The maximum absolute atomic E-state index is 11.7. The van der Waals surface area contributed by atoms with Crippen molar-refractivity contribution in [1.82, 2.24) is 0 Å². The van der Waals surface area contributed by atoms with Gasteiger partial charge in [0.2, 0.25) is 0 Å². The van der Waals surface area contributed by atoms with Crippen LogP contribution in [-0.4, -0.2) is 30.0 Å². The van der Waals surface area contributed by atoms with E-state index in [1.807, 2.05) is 13.8 Å². The van der Waals surface area contributed by atoms with Gasteiger partial charge in [0.15, 0.2) is 6.10 Å². The third kappa shape index (κ3) is 4.56. The van der Waals surface area contributed by atoms with E-state index in [0.717, 1.165) is 6.42 Å². The Morgan fingerprint density at radius 3 is 2.25 bits per heavy atom. The van der Waals surface area contributed by atoms with Gasteiger partial charge >= 0.3 is 6.18 Å². The summed E-state index contributed by atoms with van der Waals surface area (Å²) in [5.41, 5.74) is 0. The summed E-state index contributed by atoms with van der Waals surface area (Å²) >= 11 is 0. The molecule has 0 unspecified atom stereocenters. The normalized spacial score (nSPS) is 17.5. The fourth-order valence-corrected chi connectivity index (χ4v) is 0.662. The van der Waals surface area contributed by atoms with Gasteiger partial charge in [0.1, 0.15) is 6.54 Å². The van der Waals surface area contributed by atoms with Gasteiger partial charge in [-0.15, -0.1) is 0 Å². The second-order valence-electron chi connectivity index (χ2n) is 2.91. The molecule has 2 atom stereocenters. The third-order valence-electron chi connectivity index (χ3n) is 1.78. The molecule has 2 nitrogen and oxygen atoms in total. The van der Waals surface area contributed by atoms with Crippen molar-refractivity contribution in [2.75, 3.05) is 6.54 Å². The van der Waals surface area contributed by atoms with Crippen molar-refractivity contribution in [3.63, 3.8) is 0 Å². The highest BCUT2D eigenvalue weighted by atomic mass is 19.4. The molecule has 0 saturated heterocycles. The molecule has 12 heavy (non-hydrogen) atoms. The largest absolute Gasteiger partial charge is 0.419 e. The topological polar surface area (TPSA) is 36.8 Å². The van der Waals surface area contributed by atoms with E-state index < -0.39 is 12.3 Å². The summed E-state index contributed by atoms with van der Waals surface area (Å²) in [7, 11) is 0. The maximum atomic E-state index is 11.7. The summed E-state index contributed by atoms with van der Waals surface area (Å²) in [4.78, 5) is 0. The first-order valence-electron chi connectivity index (χ1n) is 3.96. The lowest BCUT2D eigenvalue weighted by Gasteiger charge is -2.15. The third-order valence-corrected chi connectivity index (χ3v) is 1.78. The van der Waals surface area contributed by atoms with Crippen LogP contribution in [0.5, 0.6) is 0 Å². The first-order chi connectivity index (χ1) is 5.38. The predicted molar refractivity (Wildman–Crippen MR) is 38.6 cm³/mol. The second kappa shape index (κ2) is 4.67. The van der Waals surface area contributed by atoms with Gasteiger partial charge in [0, 0.05) is 0 Å². The zero-order valence-corrected chi connectivity index (χ0v) is 7.23. The number of quaternary nitrogens is 1. The minimum absolute atomic E-state index is 0.127. The van der Waals surface area contributed by atoms with Crippen LogP contribution in [0.1, 0.15) is 20.3 Å². The Bertz CT molecular complexity index is 126. The number of alkyl halides is 3. The molecule has 0 aliphatic carbocycles. The van der Waals surface area contributed by atoms with Crippen LogP contribution in [-0.2, 0) is 0 Å². The highest BCUT2D eigenvalue weighted by Crippen LogP contribution is 2.18. The van der Waals surface area contributed by atoms with Crippen LogP contribution >= 0.6 is 0 Å². The molecule has 0 aliphatic rings. The highest BCUT2D eigenvalue weighted by molar-refractivity contribution is 4.62. The first-order valence-corrected chi connectivity index (χ1v) is 3.96. The van der Waals surface area contributed by atoms with E-state index in [4.69, 9.17) is 5.11 Å². The molecular weight excluding hydrogens is 171 g/mol. The van der Waals surface area contributed by atoms with Crippen LogP contribution in [0, 0.1) is 0 Å². The Labute approximate surface area is 69.8 Å². The van der Waals surface area contributed by atoms with E-state index in [9.17, 15) is 13.2 Å². The lowest BCUT2D eigenvalue weighted by atomic mass is 10.2. The van der Waals surface area contributed by atoms with Gasteiger partial charge < -0.3 is 10.4 Å². The van der Waals surface area contributed by atoms with Gasteiger partial charge in [-0.3, -0.25) is 0 Å². The Morgan fingerprint density at radius 1 is 1.42 bits per heavy atom. The van der Waals surface area contributed by atoms with E-state index in [-0.39, 0.29) is 12.6 Å². The van der Waals surface area contributed by atoms with Crippen LogP contribution in [0.25, 0.3) is 0 Å². The zero-order chi connectivity index (χ0) is 9.78. The molecule has 0 bridgehead atoms. The highest BCUT2D eigenvalue weighted by Gasteiger charge is 2.39. The van der Waals surface area contributed by atoms with Crippen molar-refractivity contribution in [3.05, 3.63) is 0 Å². The standard InChI is InChI=1S/C7H14F3NO/c1-3-5(2)11-4-6(12)7(8,9)10/h5-6,11-12H,3-4H2,1-2H3/p+1/t5-,6+/m1/s1. The lowest BCUT2D eigenvalue weighted by molar-refractivity contribution is -0.695. The maximum Gasteiger partial charge on any atom is 0.419 e. The molecule has 0 aromatic heterocycles. The van der Waals surface area contributed by atoms with Gasteiger partial charge in [-0.25, -0.2) is 0 Å². The van der Waals surface area contributed by atoms with Crippen LogP contribution in [0.15, 0.2) is 0 Å². The Kier molecular flexibility index (Phi) is 4.55. The van der Waals surface area contributed by atoms with Crippen molar-refractivity contribution in [2.45, 2.75) is 38.6 Å². The average Bonchev–Trinajstić information content (AvgIpc) is 1.97. The number of halogens is 3. The summed E-state index contributed by atoms with van der Waals surface area (Å²) in [5.74, 6) is 0. The molecule has 3 N–H and O–H groups in total. The van der Waals surface area contributed by atoms with E-state index >= 15 is 0 Å². The van der Waals surface area contributed by atoms with Crippen LogP contribution in [0.2, 0.25) is 0 Å². The van der Waals surface area contributed by atoms with Gasteiger partial charge in [0.25, 0.3) is 0 Å². The molecular formula is C7H15F3NO+. The Morgan fingerprint density at radius 2 is 1.92 bits per heavy atom. The summed E-state index contributed by atoms with van der Waals surface area (Å²) in [5, 5.41) is 10.1. The van der Waals surface area contributed by atoms with E-state index in [1.54, 1.807) is 0 Å². The van der Waals surface area contributed by atoms with Crippen LogP contribution < -0.4 is 5.32 Å². The van der Waals surface area contributed by atoms with Gasteiger partial charge in [0.05, 0.1) is 6.04 Å².